The van der Waals surface area contributed by atoms with Crippen LogP contribution in [0.1, 0.15) is 30.4 Å². The summed E-state index contributed by atoms with van der Waals surface area (Å²) in [6, 6.07) is 9.60. The molecule has 3 heteroatoms. The van der Waals surface area contributed by atoms with Crippen molar-refractivity contribution < 1.29 is 0 Å². The molecule has 18 heavy (non-hydrogen) atoms. The second-order valence-corrected chi connectivity index (χ2v) is 5.52. The Hall–Kier alpha value is -1.53. The number of anilines is 1. The minimum Gasteiger partial charge on any atom is -0.380 e. The van der Waals surface area contributed by atoms with E-state index >= 15 is 0 Å². The van der Waals surface area contributed by atoms with E-state index in [9.17, 15) is 0 Å². The fourth-order valence-corrected chi connectivity index (χ4v) is 2.77. The molecule has 1 unspecified atom stereocenters. The highest BCUT2D eigenvalue weighted by Crippen LogP contribution is 2.31. The first-order valence-electron chi connectivity index (χ1n) is 6.77. The van der Waals surface area contributed by atoms with Crippen LogP contribution in [0.5, 0.6) is 0 Å². The normalized spacial score (nSPS) is 23.9. The van der Waals surface area contributed by atoms with E-state index in [0.717, 1.165) is 23.8 Å². The van der Waals surface area contributed by atoms with Crippen molar-refractivity contribution in [2.45, 2.75) is 38.3 Å². The number of likely N-dealkylation sites (tertiary alicyclic amines) is 1. The van der Waals surface area contributed by atoms with Gasteiger partial charge in [-0.15, -0.1) is 0 Å². The number of rotatable bonds is 3. The lowest BCUT2D eigenvalue weighted by Crippen LogP contribution is -2.27. The Morgan fingerprint density at radius 3 is 2.89 bits per heavy atom. The van der Waals surface area contributed by atoms with Crippen molar-refractivity contribution in [2.24, 2.45) is 0 Å². The zero-order valence-electron chi connectivity index (χ0n) is 10.8. The summed E-state index contributed by atoms with van der Waals surface area (Å²) in [5.74, 6) is 0. The Balaban J connectivity index is 1.69. The monoisotopic (exact) mass is 241 g/mol. The van der Waals surface area contributed by atoms with Crippen molar-refractivity contribution in [2.75, 3.05) is 18.4 Å². The molecule has 1 heterocycles. The number of benzene rings is 1. The molecule has 1 atom stereocenters. The Labute approximate surface area is 108 Å². The average Bonchev–Trinajstić information content (AvgIpc) is 3.11. The lowest BCUT2D eigenvalue weighted by Gasteiger charge is -2.17. The molecule has 1 N–H and O–H groups in total. The number of nitriles is 1. The maximum atomic E-state index is 9.13. The van der Waals surface area contributed by atoms with Gasteiger partial charge in [0.15, 0.2) is 0 Å². The number of aryl methyl sites for hydroxylation is 1. The molecule has 3 nitrogen and oxygen atoms in total. The van der Waals surface area contributed by atoms with Gasteiger partial charge in [0.25, 0.3) is 0 Å². The van der Waals surface area contributed by atoms with E-state index in [0.29, 0.717) is 6.04 Å². The second-order valence-electron chi connectivity index (χ2n) is 5.52. The molecular formula is C15H19N3. The molecule has 2 aliphatic rings. The Morgan fingerprint density at radius 1 is 1.33 bits per heavy atom. The third kappa shape index (κ3) is 2.34. The molecule has 2 fully saturated rings. The van der Waals surface area contributed by atoms with Crippen molar-refractivity contribution in [3.8, 4) is 6.07 Å². The molecule has 0 aromatic heterocycles. The molecule has 1 saturated heterocycles. The van der Waals surface area contributed by atoms with Gasteiger partial charge in [-0.3, -0.25) is 4.90 Å². The van der Waals surface area contributed by atoms with Crippen molar-refractivity contribution in [1.82, 2.24) is 4.90 Å². The number of hydrogen-bond acceptors (Lipinski definition) is 3. The predicted octanol–water partition coefficient (Wildman–Crippen LogP) is 2.52. The fourth-order valence-electron chi connectivity index (χ4n) is 2.77. The van der Waals surface area contributed by atoms with Gasteiger partial charge in [-0.2, -0.15) is 5.26 Å². The van der Waals surface area contributed by atoms with Crippen LogP contribution in [-0.4, -0.2) is 30.1 Å². The van der Waals surface area contributed by atoms with Crippen molar-refractivity contribution in [3.63, 3.8) is 0 Å². The molecule has 0 bridgehead atoms. The predicted molar refractivity (Wildman–Crippen MR) is 72.5 cm³/mol. The summed E-state index contributed by atoms with van der Waals surface area (Å²) in [6.07, 6.45) is 3.94. The molecule has 1 aromatic carbocycles. The molecular weight excluding hydrogens is 222 g/mol. The Kier molecular flexibility index (Phi) is 2.97. The average molecular weight is 241 g/mol. The standard InChI is InChI=1S/C15H19N3/c1-11-2-3-12(9-16)15(8-11)17-13-6-7-18(10-13)14-4-5-14/h2-3,8,13-14,17H,4-7,10H2,1H3. The third-order valence-corrected chi connectivity index (χ3v) is 3.94. The van der Waals surface area contributed by atoms with E-state index < -0.39 is 0 Å². The summed E-state index contributed by atoms with van der Waals surface area (Å²) in [6.45, 7) is 4.40. The smallest absolute Gasteiger partial charge is 0.101 e. The van der Waals surface area contributed by atoms with Crippen molar-refractivity contribution in [3.05, 3.63) is 29.3 Å². The molecule has 3 rings (SSSR count). The zero-order chi connectivity index (χ0) is 12.5. The van der Waals surface area contributed by atoms with E-state index in [-0.39, 0.29) is 0 Å². The van der Waals surface area contributed by atoms with Gasteiger partial charge in [-0.1, -0.05) is 6.07 Å². The summed E-state index contributed by atoms with van der Waals surface area (Å²) < 4.78 is 0. The molecule has 1 saturated carbocycles. The summed E-state index contributed by atoms with van der Waals surface area (Å²) >= 11 is 0. The van der Waals surface area contributed by atoms with Crippen LogP contribution in [0.25, 0.3) is 0 Å². The van der Waals surface area contributed by atoms with Gasteiger partial charge in [-0.05, 0) is 43.9 Å². The van der Waals surface area contributed by atoms with E-state index in [1.165, 1.54) is 31.4 Å². The third-order valence-electron chi connectivity index (χ3n) is 3.94. The minimum atomic E-state index is 0.500. The number of nitrogens with one attached hydrogen (secondary N) is 1. The highest BCUT2D eigenvalue weighted by molar-refractivity contribution is 5.59. The SMILES string of the molecule is Cc1ccc(C#N)c(NC2CCN(C3CC3)C2)c1. The van der Waals surface area contributed by atoms with Crippen LogP contribution in [0.4, 0.5) is 5.69 Å². The van der Waals surface area contributed by atoms with Gasteiger partial charge in [0.2, 0.25) is 0 Å². The second kappa shape index (κ2) is 4.62. The van der Waals surface area contributed by atoms with Gasteiger partial charge in [0.05, 0.1) is 11.3 Å². The summed E-state index contributed by atoms with van der Waals surface area (Å²) in [5.41, 5.74) is 2.96. The van der Waals surface area contributed by atoms with E-state index in [1.54, 1.807) is 0 Å². The molecule has 1 aliphatic heterocycles. The van der Waals surface area contributed by atoms with Crippen LogP contribution >= 0.6 is 0 Å². The Bertz CT molecular complexity index is 485. The van der Waals surface area contributed by atoms with Crippen molar-refractivity contribution in [1.29, 1.82) is 5.26 Å². The van der Waals surface area contributed by atoms with E-state index in [2.05, 4.69) is 29.3 Å². The highest BCUT2D eigenvalue weighted by Gasteiger charge is 2.34. The molecule has 0 amide bonds. The number of hydrogen-bond donors (Lipinski definition) is 1. The zero-order valence-corrected chi connectivity index (χ0v) is 10.8. The fraction of sp³-hybridized carbons (Fsp3) is 0.533. The lowest BCUT2D eigenvalue weighted by molar-refractivity contribution is 0.326. The van der Waals surface area contributed by atoms with Gasteiger partial charge in [0, 0.05) is 25.2 Å². The van der Waals surface area contributed by atoms with Gasteiger partial charge in [0.1, 0.15) is 6.07 Å². The molecule has 0 radical (unpaired) electrons. The largest absolute Gasteiger partial charge is 0.380 e. The van der Waals surface area contributed by atoms with Crippen LogP contribution in [0.3, 0.4) is 0 Å². The Morgan fingerprint density at radius 2 is 2.17 bits per heavy atom. The molecule has 1 aliphatic carbocycles. The summed E-state index contributed by atoms with van der Waals surface area (Å²) in [4.78, 5) is 2.58. The highest BCUT2D eigenvalue weighted by atomic mass is 15.2. The van der Waals surface area contributed by atoms with Gasteiger partial charge >= 0.3 is 0 Å². The van der Waals surface area contributed by atoms with Crippen LogP contribution in [0, 0.1) is 18.3 Å². The maximum Gasteiger partial charge on any atom is 0.101 e. The van der Waals surface area contributed by atoms with Gasteiger partial charge in [-0.25, -0.2) is 0 Å². The number of nitrogens with zero attached hydrogens (tertiary/aromatic N) is 2. The minimum absolute atomic E-state index is 0.500. The molecule has 0 spiro atoms. The maximum absolute atomic E-state index is 9.13. The van der Waals surface area contributed by atoms with Crippen LogP contribution in [0.2, 0.25) is 0 Å². The summed E-state index contributed by atoms with van der Waals surface area (Å²) in [5, 5.41) is 12.7. The van der Waals surface area contributed by atoms with Crippen LogP contribution < -0.4 is 5.32 Å². The first kappa shape index (κ1) is 11.6. The first-order valence-corrected chi connectivity index (χ1v) is 6.77. The van der Waals surface area contributed by atoms with Gasteiger partial charge < -0.3 is 5.32 Å². The van der Waals surface area contributed by atoms with Crippen LogP contribution in [-0.2, 0) is 0 Å². The topological polar surface area (TPSA) is 39.1 Å². The molecule has 1 aromatic rings. The lowest BCUT2D eigenvalue weighted by atomic mass is 10.1. The summed E-state index contributed by atoms with van der Waals surface area (Å²) in [7, 11) is 0. The van der Waals surface area contributed by atoms with Crippen LogP contribution in [0.15, 0.2) is 18.2 Å². The molecule has 94 valence electrons. The van der Waals surface area contributed by atoms with E-state index in [1.807, 2.05) is 12.1 Å². The van der Waals surface area contributed by atoms with Crippen molar-refractivity contribution >= 4 is 5.69 Å². The first-order chi connectivity index (χ1) is 8.76. The van der Waals surface area contributed by atoms with E-state index in [4.69, 9.17) is 5.26 Å². The quantitative estimate of drug-likeness (QED) is 0.883.